The van der Waals surface area contributed by atoms with E-state index in [-0.39, 0.29) is 5.41 Å². The van der Waals surface area contributed by atoms with E-state index in [1.54, 1.807) is 6.08 Å². The van der Waals surface area contributed by atoms with Gasteiger partial charge < -0.3 is 5.11 Å². The summed E-state index contributed by atoms with van der Waals surface area (Å²) in [6.45, 7) is 12.4. The number of rotatable bonds is 4. The lowest BCUT2D eigenvalue weighted by Gasteiger charge is -2.40. The van der Waals surface area contributed by atoms with E-state index in [2.05, 4.69) is 43.3 Å². The normalized spacial score (nSPS) is 27.8. The first kappa shape index (κ1) is 15.0. The van der Waals surface area contributed by atoms with Crippen LogP contribution in [0.3, 0.4) is 0 Å². The molecule has 0 bridgehead atoms. The predicted molar refractivity (Wildman–Crippen MR) is 78.5 cm³/mol. The zero-order chi connectivity index (χ0) is 13.3. The molecule has 2 atom stereocenters. The van der Waals surface area contributed by atoms with Gasteiger partial charge in [0.1, 0.15) is 0 Å². The van der Waals surface area contributed by atoms with Crippen LogP contribution in [0.4, 0.5) is 0 Å². The Bertz CT molecular complexity index is 326. The van der Waals surface area contributed by atoms with E-state index in [0.717, 1.165) is 12.8 Å². The van der Waals surface area contributed by atoms with E-state index >= 15 is 0 Å². The molecule has 0 radical (unpaired) electrons. The Morgan fingerprint density at radius 1 is 1.59 bits per heavy atom. The van der Waals surface area contributed by atoms with Crippen LogP contribution in [0.5, 0.6) is 0 Å². The third-order valence-corrected chi connectivity index (χ3v) is 5.77. The van der Waals surface area contributed by atoms with Crippen LogP contribution in [0.15, 0.2) is 23.8 Å². The smallest absolute Gasteiger partial charge is 0.0800 e. The molecule has 0 saturated heterocycles. The maximum atomic E-state index is 10.0. The molecule has 0 aromatic rings. The molecule has 0 amide bonds. The summed E-state index contributed by atoms with van der Waals surface area (Å²) in [5, 5.41) is 10.0. The first-order valence-corrected chi connectivity index (χ1v) is 7.31. The topological polar surface area (TPSA) is 20.2 Å². The Kier molecular flexibility index (Phi) is 4.65. The molecule has 0 aromatic carbocycles. The minimum Gasteiger partial charge on any atom is -0.386 e. The highest BCUT2D eigenvalue weighted by Crippen LogP contribution is 2.46. The molecule has 1 nitrogen and oxygen atoms in total. The van der Waals surface area contributed by atoms with Gasteiger partial charge in [0.15, 0.2) is 0 Å². The first-order chi connectivity index (χ1) is 7.70. The van der Waals surface area contributed by atoms with E-state index in [4.69, 9.17) is 0 Å². The van der Waals surface area contributed by atoms with Crippen molar-refractivity contribution in [3.8, 4) is 0 Å². The molecule has 1 rings (SSSR count). The van der Waals surface area contributed by atoms with Gasteiger partial charge in [0.25, 0.3) is 0 Å². The molecule has 98 valence electrons. The third-order valence-electron chi connectivity index (χ3n) is 4.17. The van der Waals surface area contributed by atoms with Gasteiger partial charge in [0, 0.05) is 4.83 Å². The number of halogens is 1. The molecular weight excluding hydrogens is 276 g/mol. The quantitative estimate of drug-likeness (QED) is 0.594. The molecule has 0 saturated carbocycles. The summed E-state index contributed by atoms with van der Waals surface area (Å²) in [6.07, 6.45) is 5.74. The fourth-order valence-corrected chi connectivity index (χ4v) is 3.11. The zero-order valence-corrected chi connectivity index (χ0v) is 13.1. The number of hydrogen-bond donors (Lipinski definition) is 1. The summed E-state index contributed by atoms with van der Waals surface area (Å²) in [7, 11) is 0. The summed E-state index contributed by atoms with van der Waals surface area (Å²) in [6, 6.07) is 0. The van der Waals surface area contributed by atoms with Crippen molar-refractivity contribution in [2.24, 2.45) is 5.41 Å². The van der Waals surface area contributed by atoms with Crippen LogP contribution < -0.4 is 0 Å². The standard InChI is InChI=1S/C15H25BrO/c1-6-15(5,17)10-9-12-11(2)7-8-13(16)14(12,3)4/h6,13,17H,1,7-10H2,2-5H3/t13-,15?/m0/s1. The van der Waals surface area contributed by atoms with Crippen molar-refractivity contribution >= 4 is 15.9 Å². The second-order valence-electron chi connectivity index (χ2n) is 6.05. The van der Waals surface area contributed by atoms with Crippen molar-refractivity contribution < 1.29 is 5.11 Å². The van der Waals surface area contributed by atoms with Gasteiger partial charge >= 0.3 is 0 Å². The van der Waals surface area contributed by atoms with Gasteiger partial charge in [-0.25, -0.2) is 0 Å². The highest BCUT2D eigenvalue weighted by atomic mass is 79.9. The van der Waals surface area contributed by atoms with Crippen LogP contribution in [0.25, 0.3) is 0 Å². The minimum atomic E-state index is -0.747. The lowest BCUT2D eigenvalue weighted by molar-refractivity contribution is 0.100. The van der Waals surface area contributed by atoms with Crippen molar-refractivity contribution in [1.29, 1.82) is 0 Å². The Hall–Kier alpha value is -0.0800. The SMILES string of the molecule is C=CC(C)(O)CCC1=C(C)CC[C@H](Br)C1(C)C. The zero-order valence-electron chi connectivity index (χ0n) is 11.5. The summed E-state index contributed by atoms with van der Waals surface area (Å²) in [4.78, 5) is 0.544. The molecule has 17 heavy (non-hydrogen) atoms. The van der Waals surface area contributed by atoms with Crippen LogP contribution in [0, 0.1) is 5.41 Å². The lowest BCUT2D eigenvalue weighted by atomic mass is 9.70. The molecule has 0 aliphatic heterocycles. The molecule has 1 aliphatic carbocycles. The van der Waals surface area contributed by atoms with Crippen molar-refractivity contribution in [3.63, 3.8) is 0 Å². The van der Waals surface area contributed by atoms with Crippen molar-refractivity contribution in [3.05, 3.63) is 23.8 Å². The van der Waals surface area contributed by atoms with E-state index in [0.29, 0.717) is 4.83 Å². The summed E-state index contributed by atoms with van der Waals surface area (Å²) < 4.78 is 0. The van der Waals surface area contributed by atoms with E-state index < -0.39 is 5.60 Å². The Morgan fingerprint density at radius 3 is 2.71 bits per heavy atom. The minimum absolute atomic E-state index is 0.194. The average molecular weight is 301 g/mol. The second kappa shape index (κ2) is 5.27. The van der Waals surface area contributed by atoms with Crippen LogP contribution in [-0.4, -0.2) is 15.5 Å². The Morgan fingerprint density at radius 2 is 2.18 bits per heavy atom. The molecule has 2 heteroatoms. The molecule has 0 heterocycles. The lowest BCUT2D eigenvalue weighted by Crippen LogP contribution is -2.32. The number of hydrogen-bond acceptors (Lipinski definition) is 1. The van der Waals surface area contributed by atoms with Gasteiger partial charge in [-0.3, -0.25) is 0 Å². The van der Waals surface area contributed by atoms with Gasteiger partial charge in [-0.1, -0.05) is 47.0 Å². The summed E-state index contributed by atoms with van der Waals surface area (Å²) in [5.41, 5.74) is 2.46. The molecule has 1 unspecified atom stereocenters. The van der Waals surface area contributed by atoms with E-state index in [1.807, 2.05) is 6.92 Å². The fourth-order valence-electron chi connectivity index (χ4n) is 2.61. The van der Waals surface area contributed by atoms with Crippen molar-refractivity contribution in [1.82, 2.24) is 0 Å². The van der Waals surface area contributed by atoms with Crippen LogP contribution >= 0.6 is 15.9 Å². The highest BCUT2D eigenvalue weighted by Gasteiger charge is 2.36. The Labute approximate surface area is 114 Å². The predicted octanol–water partition coefficient (Wildman–Crippen LogP) is 4.60. The van der Waals surface area contributed by atoms with Gasteiger partial charge in [0.05, 0.1) is 5.60 Å². The average Bonchev–Trinajstić information content (AvgIpc) is 2.23. The fraction of sp³-hybridized carbons (Fsp3) is 0.733. The van der Waals surface area contributed by atoms with Crippen LogP contribution in [0.1, 0.15) is 53.4 Å². The Balaban J connectivity index is 2.84. The monoisotopic (exact) mass is 300 g/mol. The number of allylic oxidation sites excluding steroid dienone is 2. The molecule has 1 aliphatic rings. The third kappa shape index (κ3) is 3.45. The van der Waals surface area contributed by atoms with Gasteiger partial charge in [-0.05, 0) is 44.9 Å². The molecule has 0 spiro atoms. The summed E-state index contributed by atoms with van der Waals surface area (Å²) >= 11 is 3.80. The van der Waals surface area contributed by atoms with Gasteiger partial charge in [0.2, 0.25) is 0 Å². The van der Waals surface area contributed by atoms with Crippen LogP contribution in [-0.2, 0) is 0 Å². The highest BCUT2D eigenvalue weighted by molar-refractivity contribution is 9.09. The molecular formula is C15H25BrO. The van der Waals surface area contributed by atoms with Crippen LogP contribution in [0.2, 0.25) is 0 Å². The number of alkyl halides is 1. The maximum Gasteiger partial charge on any atom is 0.0800 e. The second-order valence-corrected chi connectivity index (χ2v) is 7.15. The van der Waals surface area contributed by atoms with Crippen molar-refractivity contribution in [2.75, 3.05) is 0 Å². The molecule has 1 N–H and O–H groups in total. The van der Waals surface area contributed by atoms with Gasteiger partial charge in [-0.15, -0.1) is 6.58 Å². The van der Waals surface area contributed by atoms with E-state index in [9.17, 15) is 5.11 Å². The summed E-state index contributed by atoms with van der Waals surface area (Å²) in [5.74, 6) is 0. The number of aliphatic hydroxyl groups is 1. The van der Waals surface area contributed by atoms with Crippen molar-refractivity contribution in [2.45, 2.75) is 63.8 Å². The van der Waals surface area contributed by atoms with Gasteiger partial charge in [-0.2, -0.15) is 0 Å². The first-order valence-electron chi connectivity index (χ1n) is 6.40. The molecule has 0 fully saturated rings. The van der Waals surface area contributed by atoms with E-state index in [1.165, 1.54) is 24.0 Å². The molecule has 0 aromatic heterocycles. The largest absolute Gasteiger partial charge is 0.386 e. The maximum absolute atomic E-state index is 10.0.